The summed E-state index contributed by atoms with van der Waals surface area (Å²) in [7, 11) is -0.678. The molecule has 0 aromatic rings. The van der Waals surface area contributed by atoms with E-state index in [9.17, 15) is 0 Å². The number of hydrogen-bond acceptors (Lipinski definition) is 1. The summed E-state index contributed by atoms with van der Waals surface area (Å²) in [6.07, 6.45) is 10.6. The molecule has 1 nitrogen and oxygen atoms in total. The van der Waals surface area contributed by atoms with E-state index in [1.807, 2.05) is 0 Å². The van der Waals surface area contributed by atoms with Crippen LogP contribution in [-0.2, 0) is 25.2 Å². The largest absolute Gasteiger partial charge is 1.00 e. The van der Waals surface area contributed by atoms with Crippen LogP contribution in [-0.4, -0.2) is 21.1 Å². The second-order valence-electron chi connectivity index (χ2n) is 5.16. The summed E-state index contributed by atoms with van der Waals surface area (Å²) in [5, 5.41) is 0. The van der Waals surface area contributed by atoms with Crippen LogP contribution in [0.25, 0.3) is 0 Å². The number of hydrogen-bond donors (Lipinski definition) is 0. The van der Waals surface area contributed by atoms with Crippen molar-refractivity contribution in [3.05, 3.63) is 21.6 Å². The summed E-state index contributed by atoms with van der Waals surface area (Å²) in [6, 6.07) is 0. The van der Waals surface area contributed by atoms with Crippen molar-refractivity contribution < 1.29 is 50.0 Å². The van der Waals surface area contributed by atoms with Crippen molar-refractivity contribution in [3.63, 3.8) is 0 Å². The molecule has 0 saturated heterocycles. The van der Waals surface area contributed by atoms with Gasteiger partial charge in [0.25, 0.3) is 0 Å². The molecule has 0 fully saturated rings. The maximum absolute atomic E-state index is 6.05. The molecule has 0 heterocycles. The van der Waals surface area contributed by atoms with E-state index >= 15 is 0 Å². The summed E-state index contributed by atoms with van der Waals surface area (Å²) < 4.78 is 7.61. The molecule has 1 atom stereocenters. The number of unbranched alkanes of at least 4 members (excludes halogenated alkanes) is 1. The van der Waals surface area contributed by atoms with E-state index in [0.29, 0.717) is 5.73 Å². The molecule has 0 bridgehead atoms. The average Bonchev–Trinajstić information content (AvgIpc) is 2.69. The predicted octanol–water partition coefficient (Wildman–Crippen LogP) is -2.25. The van der Waals surface area contributed by atoms with Crippen molar-refractivity contribution in [2.75, 3.05) is 6.61 Å². The Labute approximate surface area is 144 Å². The van der Waals surface area contributed by atoms with Gasteiger partial charge in [0, 0.05) is 0 Å². The fourth-order valence-corrected chi connectivity index (χ4v) is 3.93. The summed E-state index contributed by atoms with van der Waals surface area (Å²) in [5.41, 5.74) is 2.12. The maximum Gasteiger partial charge on any atom is -1.00 e. The molecule has 0 aromatic heterocycles. The Balaban J connectivity index is 0. The first-order chi connectivity index (χ1) is 8.15. The first kappa shape index (κ1) is 22.2. The van der Waals surface area contributed by atoms with E-state index in [0.717, 1.165) is 13.0 Å². The molecular weight excluding hydrogens is 331 g/mol. The van der Waals surface area contributed by atoms with Gasteiger partial charge in [0.1, 0.15) is 0 Å². The molecule has 1 aliphatic rings. The topological polar surface area (TPSA) is 9.23 Å². The van der Waals surface area contributed by atoms with Crippen LogP contribution in [0.1, 0.15) is 39.0 Å². The first-order valence-electron chi connectivity index (χ1n) is 6.87. The Kier molecular flexibility index (Phi) is 14.8. The third kappa shape index (κ3) is 8.75. The monoisotopic (exact) mass is 355 g/mol. The van der Waals surface area contributed by atoms with Crippen LogP contribution in [0.2, 0.25) is 13.1 Å². The number of allylic oxidation sites excluding steroid dienone is 4. The van der Waals surface area contributed by atoms with Crippen molar-refractivity contribution in [1.82, 2.24) is 0 Å². The van der Waals surface area contributed by atoms with Gasteiger partial charge in [0.05, 0.1) is 0 Å². The van der Waals surface area contributed by atoms with Crippen molar-refractivity contribution in [2.45, 2.75) is 57.8 Å². The fraction of sp³-hybridized carbons (Fsp3) is 0.714. The van der Waals surface area contributed by atoms with Crippen LogP contribution >= 0.6 is 0 Å². The normalized spacial score (nSPS) is 15.5. The van der Waals surface area contributed by atoms with Crippen LogP contribution in [0.5, 0.6) is 0 Å². The van der Waals surface area contributed by atoms with E-state index in [1.54, 1.807) is 9.45 Å². The van der Waals surface area contributed by atoms with E-state index in [-0.39, 0.29) is 24.8 Å². The quantitative estimate of drug-likeness (QED) is 0.353. The summed E-state index contributed by atoms with van der Waals surface area (Å²) in [4.78, 5) is 0. The van der Waals surface area contributed by atoms with E-state index in [1.165, 1.54) is 25.7 Å². The van der Waals surface area contributed by atoms with Gasteiger partial charge in [-0.1, -0.05) is 0 Å². The molecule has 0 aliphatic heterocycles. The molecule has 0 N–H and O–H groups in total. The third-order valence-corrected chi connectivity index (χ3v) is 6.13. The Morgan fingerprint density at radius 3 is 2.53 bits per heavy atom. The van der Waals surface area contributed by atoms with Gasteiger partial charge in [-0.25, -0.2) is 0 Å². The smallest absolute Gasteiger partial charge is 1.00 e. The maximum atomic E-state index is 6.05. The molecule has 109 valence electrons. The van der Waals surface area contributed by atoms with Gasteiger partial charge >= 0.3 is 120 Å². The Morgan fingerprint density at radius 1 is 1.37 bits per heavy atom. The van der Waals surface area contributed by atoms with Gasteiger partial charge in [0.2, 0.25) is 0 Å². The summed E-state index contributed by atoms with van der Waals surface area (Å²) in [5.74, 6) is 0. The molecule has 5 heteroatoms. The predicted molar refractivity (Wildman–Crippen MR) is 73.5 cm³/mol. The minimum absolute atomic E-state index is 0. The molecule has 1 rings (SSSR count). The Bertz CT molecular complexity index is 293. The SMILES string of the molecule is CCCCOC(CCC1=[C]([Ti+2])CC=C1)[SiH](C)C.[Cl-].[Cl-]. The molecule has 0 aromatic carbocycles. The molecule has 0 spiro atoms. The van der Waals surface area contributed by atoms with Gasteiger partial charge in [-0.2, -0.15) is 0 Å². The van der Waals surface area contributed by atoms with Crippen LogP contribution in [0.4, 0.5) is 0 Å². The molecule has 0 saturated carbocycles. The number of halogens is 2. The van der Waals surface area contributed by atoms with Gasteiger partial charge in [-0.15, -0.1) is 0 Å². The van der Waals surface area contributed by atoms with Crippen LogP contribution in [0.3, 0.4) is 0 Å². The molecule has 1 unspecified atom stereocenters. The number of ether oxygens (including phenoxy) is 1. The third-order valence-electron chi connectivity index (χ3n) is 3.30. The van der Waals surface area contributed by atoms with Gasteiger partial charge in [-0.3, -0.25) is 0 Å². The summed E-state index contributed by atoms with van der Waals surface area (Å²) >= 11 is 2.26. The minimum Gasteiger partial charge on any atom is -1.00 e. The van der Waals surface area contributed by atoms with Gasteiger partial charge in [0.15, 0.2) is 0 Å². The Hall–Kier alpha value is 0.951. The zero-order valence-corrected chi connectivity index (χ0v) is 16.4. The van der Waals surface area contributed by atoms with Crippen molar-refractivity contribution in [3.8, 4) is 0 Å². The van der Waals surface area contributed by atoms with Crippen LogP contribution in [0.15, 0.2) is 21.6 Å². The Morgan fingerprint density at radius 2 is 2.05 bits per heavy atom. The van der Waals surface area contributed by atoms with Crippen molar-refractivity contribution in [1.29, 1.82) is 0 Å². The standard InChI is InChI=1S/C14H25OSi.2ClH.Ti/c1-4-5-12-15-14(16(2)3)11-10-13-8-6-7-9-13;;;/h6,8,14,16H,4-5,7,10-12H2,1-3H3;2*1H;/q;;;+2/p-2. The van der Waals surface area contributed by atoms with Crippen LogP contribution in [0, 0.1) is 0 Å². The van der Waals surface area contributed by atoms with Crippen molar-refractivity contribution in [2.24, 2.45) is 0 Å². The minimum atomic E-state index is -0.678. The van der Waals surface area contributed by atoms with Gasteiger partial charge in [-0.05, 0) is 0 Å². The molecule has 19 heavy (non-hydrogen) atoms. The van der Waals surface area contributed by atoms with Gasteiger partial charge < -0.3 is 24.8 Å². The molecule has 0 amide bonds. The summed E-state index contributed by atoms with van der Waals surface area (Å²) in [6.45, 7) is 7.99. The van der Waals surface area contributed by atoms with Crippen LogP contribution < -0.4 is 24.8 Å². The van der Waals surface area contributed by atoms with E-state index in [4.69, 9.17) is 4.74 Å². The average molecular weight is 356 g/mol. The zero-order chi connectivity index (χ0) is 12.7. The molecular formula is C14H25Cl2OSiTi. The van der Waals surface area contributed by atoms with E-state index < -0.39 is 8.80 Å². The van der Waals surface area contributed by atoms with E-state index in [2.05, 4.69) is 52.6 Å². The second-order valence-corrected chi connectivity index (χ2v) is 9.33. The number of rotatable bonds is 8. The zero-order valence-electron chi connectivity index (χ0n) is 12.2. The molecule has 1 aliphatic carbocycles. The second kappa shape index (κ2) is 12.7. The fourth-order valence-electron chi connectivity index (χ4n) is 2.07. The molecule has 0 radical (unpaired) electrons. The van der Waals surface area contributed by atoms with Crippen molar-refractivity contribution >= 4 is 8.80 Å². The first-order valence-corrected chi connectivity index (χ1v) is 10.6.